The van der Waals surface area contributed by atoms with Gasteiger partial charge < -0.3 is 10.6 Å². The minimum Gasteiger partial charge on any atom is -0.370 e. The molecule has 1 aromatic carbocycles. The van der Waals surface area contributed by atoms with E-state index >= 15 is 0 Å². The number of carbonyl (C=O) groups is 1. The van der Waals surface area contributed by atoms with Gasteiger partial charge >= 0.3 is 0 Å². The molecule has 0 atom stereocenters. The minimum absolute atomic E-state index is 0.185. The Morgan fingerprint density at radius 1 is 1.09 bits per heavy atom. The largest absolute Gasteiger partial charge is 0.370 e. The number of carbonyl (C=O) groups excluding carboxylic acids is 1. The maximum absolute atomic E-state index is 10.7. The molecule has 1 aliphatic rings. The molecule has 0 bridgehead atoms. The minimum atomic E-state index is -0.185. The van der Waals surface area contributed by atoms with Crippen LogP contribution in [-0.4, -0.2) is 43.5 Å². The first-order valence-electron chi connectivity index (χ1n) is 8.42. The molecule has 1 saturated heterocycles. The first-order chi connectivity index (χ1) is 10.6. The van der Waals surface area contributed by atoms with E-state index in [1.54, 1.807) is 0 Å². The molecule has 2 N–H and O–H groups in total. The highest BCUT2D eigenvalue weighted by Crippen LogP contribution is 2.21. The predicted octanol–water partition coefficient (Wildman–Crippen LogP) is 2.59. The molecule has 0 aromatic heterocycles. The fourth-order valence-corrected chi connectivity index (χ4v) is 2.93. The van der Waals surface area contributed by atoms with Crippen molar-refractivity contribution >= 4 is 11.6 Å². The van der Waals surface area contributed by atoms with Crippen LogP contribution in [-0.2, 0) is 4.79 Å². The van der Waals surface area contributed by atoms with Gasteiger partial charge in [0.2, 0.25) is 5.91 Å². The van der Waals surface area contributed by atoms with Crippen molar-refractivity contribution in [3.8, 4) is 0 Å². The van der Waals surface area contributed by atoms with Crippen molar-refractivity contribution in [2.75, 3.05) is 37.6 Å². The van der Waals surface area contributed by atoms with Crippen molar-refractivity contribution in [2.24, 2.45) is 5.73 Å². The molecule has 1 amide bonds. The third-order valence-corrected chi connectivity index (χ3v) is 4.44. The number of unbranched alkanes of at least 4 members (excludes halogenated alkanes) is 1. The molecule has 1 aromatic rings. The lowest BCUT2D eigenvalue weighted by molar-refractivity contribution is -0.118. The average molecular weight is 303 g/mol. The summed E-state index contributed by atoms with van der Waals surface area (Å²) in [6.07, 6.45) is 2.49. The SMILES string of the molecule is CC(C)c1ccc(N2CCN(CCCCC(N)=O)CC2)cc1. The van der Waals surface area contributed by atoms with Crippen LogP contribution < -0.4 is 10.6 Å². The summed E-state index contributed by atoms with van der Waals surface area (Å²) in [7, 11) is 0. The van der Waals surface area contributed by atoms with Crippen LogP contribution in [0.3, 0.4) is 0 Å². The van der Waals surface area contributed by atoms with E-state index in [2.05, 4.69) is 47.9 Å². The number of rotatable bonds is 7. The number of anilines is 1. The molecule has 0 radical (unpaired) electrons. The zero-order valence-electron chi connectivity index (χ0n) is 13.9. The molecule has 0 aliphatic carbocycles. The molecule has 1 aliphatic heterocycles. The average Bonchev–Trinajstić information content (AvgIpc) is 2.52. The Morgan fingerprint density at radius 3 is 2.27 bits per heavy atom. The summed E-state index contributed by atoms with van der Waals surface area (Å²) in [5.74, 6) is 0.404. The van der Waals surface area contributed by atoms with Gasteiger partial charge in [-0.2, -0.15) is 0 Å². The van der Waals surface area contributed by atoms with Crippen LogP contribution in [0.1, 0.15) is 44.6 Å². The second-order valence-corrected chi connectivity index (χ2v) is 6.50. The summed E-state index contributed by atoms with van der Waals surface area (Å²) in [6, 6.07) is 8.99. The highest BCUT2D eigenvalue weighted by Gasteiger charge is 2.16. The van der Waals surface area contributed by atoms with Gasteiger partial charge in [0.25, 0.3) is 0 Å². The third-order valence-electron chi connectivity index (χ3n) is 4.44. The second-order valence-electron chi connectivity index (χ2n) is 6.50. The summed E-state index contributed by atoms with van der Waals surface area (Å²) in [5.41, 5.74) is 7.90. The molecule has 0 unspecified atom stereocenters. The zero-order chi connectivity index (χ0) is 15.9. The Kier molecular flexibility index (Phi) is 6.25. The lowest BCUT2D eigenvalue weighted by Crippen LogP contribution is -2.46. The monoisotopic (exact) mass is 303 g/mol. The molecule has 0 spiro atoms. The van der Waals surface area contributed by atoms with E-state index in [4.69, 9.17) is 5.73 Å². The van der Waals surface area contributed by atoms with Gasteiger partial charge in [-0.15, -0.1) is 0 Å². The van der Waals surface area contributed by atoms with Gasteiger partial charge in [0.1, 0.15) is 0 Å². The number of hydrogen-bond acceptors (Lipinski definition) is 3. The summed E-state index contributed by atoms with van der Waals surface area (Å²) in [5, 5.41) is 0. The number of piperazine rings is 1. The lowest BCUT2D eigenvalue weighted by Gasteiger charge is -2.36. The van der Waals surface area contributed by atoms with Gasteiger partial charge in [-0.25, -0.2) is 0 Å². The molecule has 0 saturated carbocycles. The van der Waals surface area contributed by atoms with Crippen LogP contribution in [0.2, 0.25) is 0 Å². The number of primary amides is 1. The third kappa shape index (κ3) is 5.02. The lowest BCUT2D eigenvalue weighted by atomic mass is 10.0. The van der Waals surface area contributed by atoms with E-state index in [1.165, 1.54) is 11.3 Å². The van der Waals surface area contributed by atoms with E-state index in [1.807, 2.05) is 0 Å². The van der Waals surface area contributed by atoms with Crippen molar-refractivity contribution in [1.29, 1.82) is 0 Å². The van der Waals surface area contributed by atoms with Crippen molar-refractivity contribution in [3.63, 3.8) is 0 Å². The standard InChI is InChI=1S/C18H29N3O/c1-15(2)16-6-8-17(9-7-16)21-13-11-20(12-14-21)10-4-3-5-18(19)22/h6-9,15H,3-5,10-14H2,1-2H3,(H2,19,22). The molecule has 4 nitrogen and oxygen atoms in total. The quantitative estimate of drug-likeness (QED) is 0.788. The van der Waals surface area contributed by atoms with Crippen molar-refractivity contribution in [1.82, 2.24) is 4.90 Å². The normalized spacial score (nSPS) is 16.2. The topological polar surface area (TPSA) is 49.6 Å². The highest BCUT2D eigenvalue weighted by molar-refractivity contribution is 5.73. The maximum atomic E-state index is 10.7. The smallest absolute Gasteiger partial charge is 0.217 e. The summed E-state index contributed by atoms with van der Waals surface area (Å²) in [4.78, 5) is 15.7. The molecule has 122 valence electrons. The van der Waals surface area contributed by atoms with E-state index in [0.29, 0.717) is 12.3 Å². The first-order valence-corrected chi connectivity index (χ1v) is 8.42. The molecule has 4 heteroatoms. The Bertz CT molecular complexity index is 462. The van der Waals surface area contributed by atoms with Gasteiger partial charge in [-0.05, 0) is 43.0 Å². The van der Waals surface area contributed by atoms with Gasteiger partial charge in [0.15, 0.2) is 0 Å². The molecule has 22 heavy (non-hydrogen) atoms. The highest BCUT2D eigenvalue weighted by atomic mass is 16.1. The Balaban J connectivity index is 1.73. The van der Waals surface area contributed by atoms with Crippen LogP contribution in [0, 0.1) is 0 Å². The summed E-state index contributed by atoms with van der Waals surface area (Å²) < 4.78 is 0. The van der Waals surface area contributed by atoms with E-state index in [9.17, 15) is 4.79 Å². The van der Waals surface area contributed by atoms with Gasteiger partial charge in [-0.3, -0.25) is 9.69 Å². The second kappa shape index (κ2) is 8.18. The van der Waals surface area contributed by atoms with Crippen LogP contribution in [0.5, 0.6) is 0 Å². The van der Waals surface area contributed by atoms with E-state index < -0.39 is 0 Å². The van der Waals surface area contributed by atoms with E-state index in [0.717, 1.165) is 45.6 Å². The van der Waals surface area contributed by atoms with Crippen molar-refractivity contribution < 1.29 is 4.79 Å². The number of nitrogens with zero attached hydrogens (tertiary/aromatic N) is 2. The Labute approximate surface area is 134 Å². The maximum Gasteiger partial charge on any atom is 0.217 e. The van der Waals surface area contributed by atoms with Crippen LogP contribution in [0.25, 0.3) is 0 Å². The Morgan fingerprint density at radius 2 is 1.73 bits per heavy atom. The summed E-state index contributed by atoms with van der Waals surface area (Å²) >= 11 is 0. The molecular weight excluding hydrogens is 274 g/mol. The number of amides is 1. The van der Waals surface area contributed by atoms with Gasteiger partial charge in [-0.1, -0.05) is 26.0 Å². The summed E-state index contributed by atoms with van der Waals surface area (Å²) in [6.45, 7) is 9.89. The number of benzene rings is 1. The fourth-order valence-electron chi connectivity index (χ4n) is 2.93. The molecule has 2 rings (SSSR count). The Hall–Kier alpha value is -1.55. The van der Waals surface area contributed by atoms with Crippen LogP contribution in [0.4, 0.5) is 5.69 Å². The fraction of sp³-hybridized carbons (Fsp3) is 0.611. The predicted molar refractivity (Wildman–Crippen MR) is 92.2 cm³/mol. The molecular formula is C18H29N3O. The van der Waals surface area contributed by atoms with Crippen LogP contribution >= 0.6 is 0 Å². The van der Waals surface area contributed by atoms with Crippen molar-refractivity contribution in [2.45, 2.75) is 39.0 Å². The van der Waals surface area contributed by atoms with E-state index in [-0.39, 0.29) is 5.91 Å². The first kappa shape index (κ1) is 16.8. The number of nitrogens with two attached hydrogens (primary N) is 1. The molecule has 1 heterocycles. The van der Waals surface area contributed by atoms with Crippen molar-refractivity contribution in [3.05, 3.63) is 29.8 Å². The van der Waals surface area contributed by atoms with Gasteiger partial charge in [0.05, 0.1) is 0 Å². The van der Waals surface area contributed by atoms with Crippen LogP contribution in [0.15, 0.2) is 24.3 Å². The zero-order valence-corrected chi connectivity index (χ0v) is 13.9. The number of hydrogen-bond donors (Lipinski definition) is 1. The van der Waals surface area contributed by atoms with Gasteiger partial charge in [0, 0.05) is 38.3 Å². The molecule has 1 fully saturated rings.